The molecule has 0 saturated carbocycles. The van der Waals surface area contributed by atoms with Gasteiger partial charge in [-0.1, -0.05) is 6.07 Å². The monoisotopic (exact) mass is 316 g/mol. The maximum Gasteiger partial charge on any atom is 0.203 e. The van der Waals surface area contributed by atoms with E-state index in [1.165, 1.54) is 32.4 Å². The van der Waals surface area contributed by atoms with Gasteiger partial charge in [0.15, 0.2) is 17.3 Å². The summed E-state index contributed by atoms with van der Waals surface area (Å²) >= 11 is 0. The smallest absolute Gasteiger partial charge is 0.203 e. The lowest BCUT2D eigenvalue weighted by Gasteiger charge is -2.25. The molecular weight excluding hydrogens is 300 g/mol. The van der Waals surface area contributed by atoms with Gasteiger partial charge in [-0.15, -0.1) is 0 Å². The van der Waals surface area contributed by atoms with Crippen LogP contribution in [0.15, 0.2) is 30.3 Å². The second-order valence-corrected chi connectivity index (χ2v) is 5.15. The number of phenolic OH excluding ortho intramolecular Hbond substituents is 2. The van der Waals surface area contributed by atoms with Gasteiger partial charge in [0.1, 0.15) is 18.1 Å². The summed E-state index contributed by atoms with van der Waals surface area (Å²) in [6.45, 7) is 0.0678. The van der Waals surface area contributed by atoms with Gasteiger partial charge in [-0.05, 0) is 18.2 Å². The largest absolute Gasteiger partial charge is 0.508 e. The Morgan fingerprint density at radius 1 is 1.13 bits per heavy atom. The van der Waals surface area contributed by atoms with E-state index >= 15 is 0 Å². The van der Waals surface area contributed by atoms with Crippen molar-refractivity contribution < 1.29 is 29.2 Å². The van der Waals surface area contributed by atoms with Crippen LogP contribution in [0.2, 0.25) is 0 Å². The molecule has 0 amide bonds. The Labute approximate surface area is 132 Å². The van der Waals surface area contributed by atoms with Crippen LogP contribution in [0, 0.1) is 0 Å². The van der Waals surface area contributed by atoms with E-state index < -0.39 is 5.92 Å². The summed E-state index contributed by atoms with van der Waals surface area (Å²) in [6, 6.07) is 7.59. The van der Waals surface area contributed by atoms with Crippen molar-refractivity contribution in [1.29, 1.82) is 0 Å². The van der Waals surface area contributed by atoms with E-state index in [0.29, 0.717) is 22.6 Å². The Morgan fingerprint density at radius 2 is 1.91 bits per heavy atom. The minimum absolute atomic E-state index is 0.0314. The van der Waals surface area contributed by atoms with Crippen molar-refractivity contribution in [2.75, 3.05) is 20.8 Å². The average Bonchev–Trinajstić information content (AvgIpc) is 2.55. The van der Waals surface area contributed by atoms with E-state index in [-0.39, 0.29) is 29.6 Å². The van der Waals surface area contributed by atoms with Gasteiger partial charge in [0.2, 0.25) is 5.75 Å². The number of ether oxygens (including phenoxy) is 3. The SMILES string of the molecule is COc1ccc([C@H]2COc3cc(O)ccc3C2=O)c(O)c1OC. The fourth-order valence-electron chi connectivity index (χ4n) is 2.71. The summed E-state index contributed by atoms with van der Waals surface area (Å²) in [7, 11) is 2.88. The van der Waals surface area contributed by atoms with Crippen LogP contribution in [0.1, 0.15) is 21.8 Å². The molecule has 1 aliphatic rings. The summed E-state index contributed by atoms with van der Waals surface area (Å²) < 4.78 is 15.8. The number of benzene rings is 2. The topological polar surface area (TPSA) is 85.2 Å². The van der Waals surface area contributed by atoms with Gasteiger partial charge in [0.25, 0.3) is 0 Å². The third-order valence-corrected chi connectivity index (χ3v) is 3.88. The Hall–Kier alpha value is -2.89. The summed E-state index contributed by atoms with van der Waals surface area (Å²) in [6.07, 6.45) is 0. The Morgan fingerprint density at radius 3 is 2.61 bits per heavy atom. The van der Waals surface area contributed by atoms with Crippen molar-refractivity contribution in [3.8, 4) is 28.7 Å². The fraction of sp³-hybridized carbons (Fsp3) is 0.235. The van der Waals surface area contributed by atoms with E-state index in [1.54, 1.807) is 12.1 Å². The molecule has 0 aromatic heterocycles. The summed E-state index contributed by atoms with van der Waals surface area (Å²) in [5.41, 5.74) is 0.777. The molecule has 6 heteroatoms. The van der Waals surface area contributed by atoms with Gasteiger partial charge >= 0.3 is 0 Å². The third-order valence-electron chi connectivity index (χ3n) is 3.88. The molecule has 6 nitrogen and oxygen atoms in total. The zero-order valence-corrected chi connectivity index (χ0v) is 12.7. The van der Waals surface area contributed by atoms with E-state index in [9.17, 15) is 15.0 Å². The van der Waals surface area contributed by atoms with Crippen LogP contribution in [0.4, 0.5) is 0 Å². The molecule has 0 radical (unpaired) electrons. The lowest BCUT2D eigenvalue weighted by atomic mass is 9.88. The fourth-order valence-corrected chi connectivity index (χ4v) is 2.71. The van der Waals surface area contributed by atoms with Gasteiger partial charge in [-0.2, -0.15) is 0 Å². The van der Waals surface area contributed by atoms with Gasteiger partial charge in [0, 0.05) is 11.6 Å². The molecule has 1 aliphatic heterocycles. The highest BCUT2D eigenvalue weighted by molar-refractivity contribution is 6.04. The number of methoxy groups -OCH3 is 2. The number of hydrogen-bond acceptors (Lipinski definition) is 6. The molecule has 2 aromatic carbocycles. The molecule has 1 heterocycles. The van der Waals surface area contributed by atoms with Crippen LogP contribution in [0.25, 0.3) is 0 Å². The van der Waals surface area contributed by atoms with Crippen molar-refractivity contribution in [3.05, 3.63) is 41.5 Å². The third kappa shape index (κ3) is 2.42. The Kier molecular flexibility index (Phi) is 3.73. The van der Waals surface area contributed by atoms with Crippen molar-refractivity contribution in [2.45, 2.75) is 5.92 Å². The van der Waals surface area contributed by atoms with E-state index in [2.05, 4.69) is 0 Å². The molecule has 0 unspecified atom stereocenters. The highest BCUT2D eigenvalue weighted by Gasteiger charge is 2.33. The second kappa shape index (κ2) is 5.72. The number of carbonyl (C=O) groups excluding carboxylic acids is 1. The quantitative estimate of drug-likeness (QED) is 0.905. The lowest BCUT2D eigenvalue weighted by molar-refractivity contribution is 0.0893. The minimum Gasteiger partial charge on any atom is -0.508 e. The zero-order valence-electron chi connectivity index (χ0n) is 12.7. The maximum atomic E-state index is 12.7. The molecule has 3 rings (SSSR count). The van der Waals surface area contributed by atoms with Gasteiger partial charge in [-0.3, -0.25) is 4.79 Å². The molecule has 0 fully saturated rings. The van der Waals surface area contributed by atoms with Gasteiger partial charge in [-0.25, -0.2) is 0 Å². The van der Waals surface area contributed by atoms with Crippen molar-refractivity contribution >= 4 is 5.78 Å². The van der Waals surface area contributed by atoms with Gasteiger partial charge in [0.05, 0.1) is 25.7 Å². The first-order valence-electron chi connectivity index (χ1n) is 7.00. The molecule has 2 aromatic rings. The zero-order chi connectivity index (χ0) is 16.6. The van der Waals surface area contributed by atoms with Crippen molar-refractivity contribution in [2.24, 2.45) is 0 Å². The second-order valence-electron chi connectivity index (χ2n) is 5.15. The number of Topliss-reactive ketones (excluding diaryl/α,β-unsaturated/α-hetero) is 1. The maximum absolute atomic E-state index is 12.7. The lowest BCUT2D eigenvalue weighted by Crippen LogP contribution is -2.26. The first kappa shape index (κ1) is 15.0. The van der Waals surface area contributed by atoms with Crippen LogP contribution in [0.3, 0.4) is 0 Å². The summed E-state index contributed by atoms with van der Waals surface area (Å²) in [5, 5.41) is 19.9. The van der Waals surface area contributed by atoms with Crippen LogP contribution in [-0.4, -0.2) is 36.8 Å². The first-order valence-corrected chi connectivity index (χ1v) is 7.00. The number of rotatable bonds is 3. The van der Waals surface area contributed by atoms with E-state index in [1.807, 2.05) is 0 Å². The van der Waals surface area contributed by atoms with Crippen molar-refractivity contribution in [3.63, 3.8) is 0 Å². The molecule has 23 heavy (non-hydrogen) atoms. The van der Waals surface area contributed by atoms with E-state index in [4.69, 9.17) is 14.2 Å². The number of aromatic hydroxyl groups is 2. The molecule has 120 valence electrons. The Bertz CT molecular complexity index is 768. The standard InChI is InChI=1S/C17H16O6/c1-21-13-6-5-10(16(20)17(13)22-2)12-8-23-14-7-9(18)3-4-11(14)15(12)19/h3-7,12,18,20H,8H2,1-2H3/t12-/m1/s1. The van der Waals surface area contributed by atoms with E-state index in [0.717, 1.165) is 0 Å². The molecule has 0 aliphatic carbocycles. The number of carbonyl (C=O) groups is 1. The molecule has 0 saturated heterocycles. The predicted molar refractivity (Wildman–Crippen MR) is 81.9 cm³/mol. The molecule has 0 spiro atoms. The normalized spacial score (nSPS) is 16.4. The number of hydrogen-bond donors (Lipinski definition) is 2. The number of fused-ring (bicyclic) bond motifs is 1. The first-order chi connectivity index (χ1) is 11.1. The summed E-state index contributed by atoms with van der Waals surface area (Å²) in [5.74, 6) is -0.0654. The Balaban J connectivity index is 2.04. The average molecular weight is 316 g/mol. The predicted octanol–water partition coefficient (Wildman–Crippen LogP) is 2.47. The minimum atomic E-state index is -0.660. The van der Waals surface area contributed by atoms with Crippen LogP contribution in [0.5, 0.6) is 28.7 Å². The highest BCUT2D eigenvalue weighted by atomic mass is 16.5. The molecular formula is C17H16O6. The molecule has 2 N–H and O–H groups in total. The summed E-state index contributed by atoms with van der Waals surface area (Å²) in [4.78, 5) is 12.7. The number of phenols is 2. The number of ketones is 1. The highest BCUT2D eigenvalue weighted by Crippen LogP contribution is 2.44. The van der Waals surface area contributed by atoms with Crippen molar-refractivity contribution in [1.82, 2.24) is 0 Å². The van der Waals surface area contributed by atoms with Crippen LogP contribution in [-0.2, 0) is 0 Å². The van der Waals surface area contributed by atoms with Crippen LogP contribution < -0.4 is 14.2 Å². The molecule has 0 bridgehead atoms. The van der Waals surface area contributed by atoms with Gasteiger partial charge < -0.3 is 24.4 Å². The van der Waals surface area contributed by atoms with Crippen LogP contribution >= 0.6 is 0 Å². The molecule has 1 atom stereocenters.